The number of esters is 1. The van der Waals surface area contributed by atoms with Crippen molar-refractivity contribution in [2.75, 3.05) is 44.6 Å². The minimum Gasteiger partial charge on any atom is -0.461 e. The average Bonchev–Trinajstić information content (AvgIpc) is 3.51. The molecule has 466 valence electrons. The minimum atomic E-state index is -0.907. The van der Waals surface area contributed by atoms with Gasteiger partial charge < -0.3 is 42.4 Å². The van der Waals surface area contributed by atoms with Gasteiger partial charge in [0.2, 0.25) is 11.8 Å². The van der Waals surface area contributed by atoms with Gasteiger partial charge in [0, 0.05) is 137 Å². The molecule has 0 radical (unpaired) electrons. The van der Waals surface area contributed by atoms with Crippen LogP contribution < -0.4 is 32.7 Å². The summed E-state index contributed by atoms with van der Waals surface area (Å²) in [5.41, 5.74) is 19.0. The van der Waals surface area contributed by atoms with Crippen LogP contribution in [0, 0.1) is 11.8 Å². The lowest BCUT2D eigenvalue weighted by Gasteiger charge is -2.28. The molecular weight excluding hydrogens is 1120 g/mol. The number of nitrogens with one attached hydrogen (secondary N) is 4. The van der Waals surface area contributed by atoms with E-state index in [2.05, 4.69) is 36.1 Å². The highest BCUT2D eigenvalue weighted by Gasteiger charge is 2.30. The molecule has 2 atom stereocenters. The molecule has 8 N–H and O–H groups in total. The molecular formula is C66H81N11O11. The first kappa shape index (κ1) is 66.3. The number of ketones is 2. The number of fused-ring (bicyclic) bond motifs is 2. The fourth-order valence-electron chi connectivity index (χ4n) is 10.7. The lowest BCUT2D eigenvalue weighted by Crippen LogP contribution is -2.46. The Kier molecular flexibility index (Phi) is 24.5. The van der Waals surface area contributed by atoms with E-state index in [4.69, 9.17) is 16.2 Å². The fourth-order valence-corrected chi connectivity index (χ4v) is 10.7. The summed E-state index contributed by atoms with van der Waals surface area (Å²) in [7, 11) is 0. The van der Waals surface area contributed by atoms with Crippen molar-refractivity contribution < 1.29 is 52.7 Å². The zero-order valence-corrected chi connectivity index (χ0v) is 50.7. The first-order chi connectivity index (χ1) is 42.3. The third kappa shape index (κ3) is 19.7. The van der Waals surface area contributed by atoms with Gasteiger partial charge in [-0.05, 0) is 111 Å². The van der Waals surface area contributed by atoms with E-state index in [1.54, 1.807) is 71.8 Å². The van der Waals surface area contributed by atoms with E-state index in [1.807, 2.05) is 45.9 Å². The maximum absolute atomic E-state index is 13.7. The van der Waals surface area contributed by atoms with Gasteiger partial charge in [0.15, 0.2) is 5.78 Å². The molecule has 3 aromatic carbocycles. The Labute approximate surface area is 513 Å². The van der Waals surface area contributed by atoms with E-state index in [9.17, 15) is 47.9 Å². The van der Waals surface area contributed by atoms with Gasteiger partial charge in [-0.2, -0.15) is 0 Å². The van der Waals surface area contributed by atoms with Crippen molar-refractivity contribution in [1.29, 1.82) is 0 Å². The Hall–Kier alpha value is -9.18. The van der Waals surface area contributed by atoms with Crippen LogP contribution in [0.25, 0.3) is 6.08 Å². The lowest BCUT2D eigenvalue weighted by molar-refractivity contribution is -0.145. The number of amides is 8. The number of ether oxygens (including phenoxy) is 1. The number of imide groups is 1. The van der Waals surface area contributed by atoms with Gasteiger partial charge in [0.25, 0.3) is 23.6 Å². The molecule has 4 heterocycles. The normalized spacial score (nSPS) is 14.4. The van der Waals surface area contributed by atoms with Crippen molar-refractivity contribution in [3.05, 3.63) is 141 Å². The molecule has 0 fully saturated rings. The van der Waals surface area contributed by atoms with Crippen LogP contribution in [0.2, 0.25) is 0 Å². The van der Waals surface area contributed by atoms with Gasteiger partial charge in [0.05, 0.1) is 23.6 Å². The number of carbonyl (C=O) groups excluding carboxylic acids is 10. The first-order valence-electron chi connectivity index (χ1n) is 30.3. The van der Waals surface area contributed by atoms with E-state index >= 15 is 0 Å². The number of unbranched alkanes of at least 4 members (excludes halogenated alkanes) is 2. The zero-order valence-electron chi connectivity index (χ0n) is 50.7. The number of carbonyl (C=O) groups is 10. The largest absolute Gasteiger partial charge is 0.461 e. The van der Waals surface area contributed by atoms with Crippen LogP contribution in [0.4, 0.5) is 16.2 Å². The molecule has 0 spiro atoms. The molecule has 4 aromatic rings. The number of pyridine rings is 1. The number of nitrogens with two attached hydrogens (primary N) is 2. The molecule has 0 aliphatic carbocycles. The fraction of sp³-hybridized carbons (Fsp3) is 0.424. The van der Waals surface area contributed by atoms with Gasteiger partial charge >= 0.3 is 12.0 Å². The van der Waals surface area contributed by atoms with Gasteiger partial charge in [-0.25, -0.2) is 9.79 Å². The Bertz CT molecular complexity index is 3300. The smallest absolute Gasteiger partial charge is 0.312 e. The summed E-state index contributed by atoms with van der Waals surface area (Å²) in [6.07, 6.45) is 9.80. The molecule has 0 saturated heterocycles. The number of nitrogens with zero attached hydrogens (tertiary/aromatic N) is 5. The van der Waals surface area contributed by atoms with Gasteiger partial charge in [0.1, 0.15) is 18.2 Å². The number of hydrogen-bond acceptors (Lipinski definition) is 15. The number of urea groups is 1. The van der Waals surface area contributed by atoms with Crippen molar-refractivity contribution in [3.63, 3.8) is 0 Å². The van der Waals surface area contributed by atoms with E-state index < -0.39 is 29.9 Å². The average molecular weight is 1200 g/mol. The second kappa shape index (κ2) is 32.5. The Morgan fingerprint density at radius 2 is 1.47 bits per heavy atom. The maximum Gasteiger partial charge on any atom is 0.312 e. The zero-order chi connectivity index (χ0) is 63.3. The first-order valence-corrected chi connectivity index (χ1v) is 30.3. The standard InChI is InChI=1S/C66H81N11O11/c1-5-76(6-2)65(86)49-33-47-23-24-48(35-56(47)73-58(67)36-49)63(84)72-51-34-50-40-75(31-27-54(50)71-38-51)39-44-19-21-46(22-20-44)62(83)69-28-11-14-61(82)88-41-45-17-15-43(16-18-45)32-57(79)55(13-10-29-70-66(68)87)74-64(85)53(42(3)4)37-52(78)12-8-7-9-30-77-59(80)25-26-60(77)81/h15-26,33-35,38,42,53,55H,5-14,27-32,36-37,39-41H2,1-4H3,(H2,67,73)(H,69,83)(H,72,84)(H,74,85)(H3,68,70,87)/t53-,55-/m0/s1. The number of Topliss-reactive ketones (excluding diaryl/α,β-unsaturated/α-hetero) is 2. The third-order valence-corrected chi connectivity index (χ3v) is 15.7. The molecule has 3 aliphatic heterocycles. The van der Waals surface area contributed by atoms with E-state index in [0.717, 1.165) is 34.7 Å². The minimum absolute atomic E-state index is 0.00171. The molecule has 0 bridgehead atoms. The highest BCUT2D eigenvalue weighted by molar-refractivity contribution is 6.13. The van der Waals surface area contributed by atoms with Crippen molar-refractivity contribution in [2.45, 2.75) is 130 Å². The lowest BCUT2D eigenvalue weighted by atomic mass is 9.88. The number of rotatable bonds is 32. The number of aliphatic imine (C=N–C) groups is 1. The molecule has 1 aromatic heterocycles. The molecule has 7 rings (SSSR count). The molecule has 22 heteroatoms. The summed E-state index contributed by atoms with van der Waals surface area (Å²) in [5, 5.41) is 11.2. The van der Waals surface area contributed by atoms with Crippen molar-refractivity contribution in [3.8, 4) is 0 Å². The third-order valence-electron chi connectivity index (χ3n) is 15.7. The Morgan fingerprint density at radius 1 is 0.773 bits per heavy atom. The predicted octanol–water partition coefficient (Wildman–Crippen LogP) is 6.55. The van der Waals surface area contributed by atoms with Gasteiger partial charge in [-0.1, -0.05) is 62.7 Å². The number of anilines is 1. The van der Waals surface area contributed by atoms with Crippen LogP contribution in [0.1, 0.15) is 146 Å². The van der Waals surface area contributed by atoms with E-state index in [1.165, 1.54) is 12.2 Å². The quantitative estimate of drug-likeness (QED) is 0.0172. The molecule has 8 amide bonds. The topological polar surface area (TPSA) is 315 Å². The number of benzene rings is 3. The second-order valence-electron chi connectivity index (χ2n) is 22.7. The van der Waals surface area contributed by atoms with Gasteiger partial charge in [-0.3, -0.25) is 57.9 Å². The summed E-state index contributed by atoms with van der Waals surface area (Å²) in [4.78, 5) is 142. The van der Waals surface area contributed by atoms with Crippen LogP contribution in [0.3, 0.4) is 0 Å². The summed E-state index contributed by atoms with van der Waals surface area (Å²) in [5.74, 6) is -3.22. The monoisotopic (exact) mass is 1200 g/mol. The Morgan fingerprint density at radius 3 is 2.17 bits per heavy atom. The number of primary amides is 1. The number of likely N-dealkylation sites (N-methyl/N-ethyl adjacent to an activating group) is 1. The Balaban J connectivity index is 0.803. The van der Waals surface area contributed by atoms with Crippen LogP contribution in [0.15, 0.2) is 102 Å². The molecule has 3 aliphatic rings. The summed E-state index contributed by atoms with van der Waals surface area (Å²) >= 11 is 0. The highest BCUT2D eigenvalue weighted by atomic mass is 16.5. The predicted molar refractivity (Wildman–Crippen MR) is 332 cm³/mol. The van der Waals surface area contributed by atoms with Crippen LogP contribution >= 0.6 is 0 Å². The van der Waals surface area contributed by atoms with E-state index in [0.29, 0.717) is 109 Å². The summed E-state index contributed by atoms with van der Waals surface area (Å²) in [6.45, 7) is 11.4. The van der Waals surface area contributed by atoms with Crippen molar-refractivity contribution in [2.24, 2.45) is 28.3 Å². The van der Waals surface area contributed by atoms with Crippen LogP contribution in [-0.2, 0) is 70.8 Å². The van der Waals surface area contributed by atoms with Gasteiger partial charge in [-0.15, -0.1) is 0 Å². The van der Waals surface area contributed by atoms with E-state index in [-0.39, 0.29) is 112 Å². The molecule has 88 heavy (non-hydrogen) atoms. The van der Waals surface area contributed by atoms with Crippen LogP contribution in [-0.4, -0.2) is 130 Å². The van der Waals surface area contributed by atoms with Crippen molar-refractivity contribution >= 4 is 82.3 Å². The van der Waals surface area contributed by atoms with Crippen molar-refractivity contribution in [1.82, 2.24) is 35.6 Å². The molecule has 0 unspecified atom stereocenters. The molecule has 0 saturated carbocycles. The summed E-state index contributed by atoms with van der Waals surface area (Å²) < 4.78 is 5.50. The number of aromatic nitrogens is 1. The summed E-state index contributed by atoms with van der Waals surface area (Å²) in [6, 6.07) is 19.8. The SMILES string of the molecule is CCN(CC)C(=O)C1=Cc2ccc(C(=O)Nc3cnc4c(c3)CN(Cc3ccc(C(=O)NCCCC(=O)OCc5ccc(CC(=O)[C@H](CCCNC(N)=O)NC(=O)[C@@H](CC(=O)CCCCCN6C(=O)C=CC6=O)C(C)C)cc5)cc3)CC4)cc2N=C(N)C1. The maximum atomic E-state index is 13.7. The second-order valence-corrected chi connectivity index (χ2v) is 22.7. The molecule has 22 nitrogen and oxygen atoms in total. The van der Waals surface area contributed by atoms with Crippen LogP contribution in [0.5, 0.6) is 0 Å². The number of amidine groups is 1. The number of hydrogen-bond donors (Lipinski definition) is 6. The highest BCUT2D eigenvalue weighted by Crippen LogP contribution is 2.30.